The summed E-state index contributed by atoms with van der Waals surface area (Å²) >= 11 is 6.52. The Morgan fingerprint density at radius 3 is 2.44 bits per heavy atom. The number of nitrogens with zero attached hydrogens (tertiary/aromatic N) is 4. The number of nitriles is 1. The summed E-state index contributed by atoms with van der Waals surface area (Å²) in [6.45, 7) is 8.80. The standard InChI is InChI=1S/C28H30ClN5O2/c1-27(2)14-20(15-28(3,4)34(27)5)33-26(35)18-9-10-25(23(29)13-18)36-24-8-6-7-21(22(24)16-30)19-11-12-31-32-17-19/h6-13,17,20H,14-15H2,1-5H3,(H,33,35). The highest BCUT2D eigenvalue weighted by Gasteiger charge is 2.43. The maximum absolute atomic E-state index is 13.1. The van der Waals surface area contributed by atoms with Gasteiger partial charge in [-0.3, -0.25) is 9.69 Å². The third kappa shape index (κ3) is 5.20. The Kier molecular flexibility index (Phi) is 7.03. The minimum absolute atomic E-state index is 0.0334. The largest absolute Gasteiger partial charge is 0.454 e. The predicted molar refractivity (Wildman–Crippen MR) is 140 cm³/mol. The van der Waals surface area contributed by atoms with Gasteiger partial charge < -0.3 is 10.1 Å². The third-order valence-electron chi connectivity index (χ3n) is 7.09. The van der Waals surface area contributed by atoms with E-state index in [0.29, 0.717) is 28.2 Å². The molecule has 0 radical (unpaired) electrons. The van der Waals surface area contributed by atoms with Crippen LogP contribution >= 0.6 is 11.6 Å². The average Bonchev–Trinajstić information content (AvgIpc) is 2.83. The number of carbonyl (C=O) groups excluding carboxylic acids is 1. The first-order valence-electron chi connectivity index (χ1n) is 11.8. The van der Waals surface area contributed by atoms with E-state index < -0.39 is 0 Å². The molecule has 8 heteroatoms. The van der Waals surface area contributed by atoms with Crippen molar-refractivity contribution in [2.45, 2.75) is 57.7 Å². The maximum atomic E-state index is 13.1. The van der Waals surface area contributed by atoms with Gasteiger partial charge in [0.05, 0.1) is 17.4 Å². The zero-order valence-electron chi connectivity index (χ0n) is 21.2. The number of benzene rings is 2. The van der Waals surface area contributed by atoms with Crippen LogP contribution in [0.2, 0.25) is 5.02 Å². The molecule has 186 valence electrons. The molecule has 3 aromatic rings. The molecule has 1 aromatic heterocycles. The zero-order chi connectivity index (χ0) is 26.1. The molecular formula is C28H30ClN5O2. The van der Waals surface area contributed by atoms with Gasteiger partial charge in [0.25, 0.3) is 5.91 Å². The van der Waals surface area contributed by atoms with Crippen LogP contribution in [-0.4, -0.2) is 45.2 Å². The molecule has 0 spiro atoms. The topological polar surface area (TPSA) is 91.1 Å². The van der Waals surface area contributed by atoms with Crippen molar-refractivity contribution in [3.63, 3.8) is 0 Å². The summed E-state index contributed by atoms with van der Waals surface area (Å²) in [5.74, 6) is 0.549. The minimum atomic E-state index is -0.172. The van der Waals surface area contributed by atoms with Crippen LogP contribution in [0.1, 0.15) is 56.5 Å². The molecule has 0 saturated carbocycles. The Balaban J connectivity index is 1.52. The summed E-state index contributed by atoms with van der Waals surface area (Å²) in [6, 6.07) is 14.3. The van der Waals surface area contributed by atoms with Gasteiger partial charge in [-0.05, 0) is 77.9 Å². The highest BCUT2D eigenvalue weighted by molar-refractivity contribution is 6.32. The van der Waals surface area contributed by atoms with Gasteiger partial charge in [-0.1, -0.05) is 23.7 Å². The molecule has 1 amide bonds. The molecule has 1 aliphatic rings. The smallest absolute Gasteiger partial charge is 0.251 e. The third-order valence-corrected chi connectivity index (χ3v) is 7.39. The van der Waals surface area contributed by atoms with Crippen molar-refractivity contribution in [2.75, 3.05) is 7.05 Å². The number of hydrogen-bond donors (Lipinski definition) is 1. The fourth-order valence-corrected chi connectivity index (χ4v) is 5.23. The quantitative estimate of drug-likeness (QED) is 0.470. The van der Waals surface area contributed by atoms with Gasteiger partial charge >= 0.3 is 0 Å². The van der Waals surface area contributed by atoms with Crippen molar-refractivity contribution in [1.82, 2.24) is 20.4 Å². The summed E-state index contributed by atoms with van der Waals surface area (Å²) in [5.41, 5.74) is 2.18. The van der Waals surface area contributed by atoms with Gasteiger partial charge in [-0.25, -0.2) is 0 Å². The van der Waals surface area contributed by atoms with Gasteiger partial charge in [0.15, 0.2) is 0 Å². The van der Waals surface area contributed by atoms with Crippen LogP contribution in [0.3, 0.4) is 0 Å². The summed E-state index contributed by atoms with van der Waals surface area (Å²) in [4.78, 5) is 15.4. The number of likely N-dealkylation sites (tertiary alicyclic amines) is 1. The monoisotopic (exact) mass is 503 g/mol. The van der Waals surface area contributed by atoms with Crippen LogP contribution in [0.5, 0.6) is 11.5 Å². The van der Waals surface area contributed by atoms with Crippen LogP contribution in [0.4, 0.5) is 0 Å². The molecule has 0 aliphatic carbocycles. The van der Waals surface area contributed by atoms with Crippen LogP contribution in [-0.2, 0) is 0 Å². The summed E-state index contributed by atoms with van der Waals surface area (Å²) in [7, 11) is 2.14. The molecule has 1 fully saturated rings. The Hall–Kier alpha value is -3.47. The van der Waals surface area contributed by atoms with Crippen LogP contribution in [0.15, 0.2) is 54.9 Å². The van der Waals surface area contributed by atoms with Crippen molar-refractivity contribution in [2.24, 2.45) is 0 Å². The second-order valence-electron chi connectivity index (χ2n) is 10.4. The van der Waals surface area contributed by atoms with E-state index in [1.54, 1.807) is 48.8 Å². The number of aromatic nitrogens is 2. The molecule has 7 nitrogen and oxygen atoms in total. The number of nitrogens with one attached hydrogen (secondary N) is 1. The number of piperidine rings is 1. The zero-order valence-corrected chi connectivity index (χ0v) is 21.9. The van der Waals surface area contributed by atoms with Crippen molar-refractivity contribution < 1.29 is 9.53 Å². The van der Waals surface area contributed by atoms with E-state index in [1.807, 2.05) is 6.07 Å². The SMILES string of the molecule is CN1C(C)(C)CC(NC(=O)c2ccc(Oc3cccc(-c4ccnnc4)c3C#N)c(Cl)c2)CC1(C)C. The molecule has 2 heterocycles. The molecule has 1 aliphatic heterocycles. The van der Waals surface area contributed by atoms with Crippen LogP contribution in [0.25, 0.3) is 11.1 Å². The number of halogens is 1. The van der Waals surface area contributed by atoms with Crippen molar-refractivity contribution in [3.8, 4) is 28.7 Å². The van der Waals surface area contributed by atoms with Crippen LogP contribution < -0.4 is 10.1 Å². The maximum Gasteiger partial charge on any atom is 0.251 e. The molecule has 1 N–H and O–H groups in total. The summed E-state index contributed by atoms with van der Waals surface area (Å²) in [5, 5.41) is 21.0. The van der Waals surface area contributed by atoms with Crippen molar-refractivity contribution >= 4 is 17.5 Å². The van der Waals surface area contributed by atoms with E-state index >= 15 is 0 Å². The summed E-state index contributed by atoms with van der Waals surface area (Å²) in [6.07, 6.45) is 4.87. The normalized spacial score (nSPS) is 17.2. The first-order valence-corrected chi connectivity index (χ1v) is 12.2. The molecule has 36 heavy (non-hydrogen) atoms. The highest BCUT2D eigenvalue weighted by atomic mass is 35.5. The molecule has 0 unspecified atom stereocenters. The second kappa shape index (κ2) is 9.88. The van der Waals surface area contributed by atoms with Gasteiger partial charge in [0.2, 0.25) is 0 Å². The minimum Gasteiger partial charge on any atom is -0.454 e. The number of hydrogen-bond acceptors (Lipinski definition) is 6. The fourth-order valence-electron chi connectivity index (χ4n) is 5.01. The molecular weight excluding hydrogens is 474 g/mol. The molecule has 0 bridgehead atoms. The van der Waals surface area contributed by atoms with Gasteiger partial charge in [0.1, 0.15) is 23.1 Å². The lowest BCUT2D eigenvalue weighted by molar-refractivity contribution is -0.0169. The van der Waals surface area contributed by atoms with Crippen molar-refractivity contribution in [1.29, 1.82) is 5.26 Å². The lowest BCUT2D eigenvalue weighted by Crippen LogP contribution is -2.62. The van der Waals surface area contributed by atoms with E-state index in [2.05, 4.69) is 61.2 Å². The Morgan fingerprint density at radius 1 is 1.11 bits per heavy atom. The Morgan fingerprint density at radius 2 is 1.83 bits per heavy atom. The van der Waals surface area contributed by atoms with Gasteiger partial charge in [0, 0.05) is 33.8 Å². The molecule has 0 atom stereocenters. The number of rotatable bonds is 5. The predicted octanol–water partition coefficient (Wildman–Crippen LogP) is 5.84. The van der Waals surface area contributed by atoms with E-state index in [0.717, 1.165) is 18.4 Å². The second-order valence-corrected chi connectivity index (χ2v) is 10.8. The molecule has 1 saturated heterocycles. The van der Waals surface area contributed by atoms with E-state index in [9.17, 15) is 10.1 Å². The first kappa shape index (κ1) is 25.6. The van der Waals surface area contributed by atoms with E-state index in [4.69, 9.17) is 16.3 Å². The fraction of sp³-hybridized carbons (Fsp3) is 0.357. The van der Waals surface area contributed by atoms with Crippen LogP contribution in [0, 0.1) is 11.3 Å². The molecule has 4 rings (SSSR count). The summed E-state index contributed by atoms with van der Waals surface area (Å²) < 4.78 is 6.02. The highest BCUT2D eigenvalue weighted by Crippen LogP contribution is 2.38. The Labute approximate surface area is 217 Å². The first-order chi connectivity index (χ1) is 17.0. The van der Waals surface area contributed by atoms with Gasteiger partial charge in [-0.2, -0.15) is 15.5 Å². The van der Waals surface area contributed by atoms with E-state index in [1.165, 1.54) is 0 Å². The molecule has 2 aromatic carbocycles. The number of amides is 1. The van der Waals surface area contributed by atoms with Crippen molar-refractivity contribution in [3.05, 3.63) is 71.0 Å². The lowest BCUT2D eigenvalue weighted by atomic mass is 9.77. The Bertz CT molecular complexity index is 1300. The number of ether oxygens (including phenoxy) is 1. The van der Waals surface area contributed by atoms with Gasteiger partial charge in [-0.15, -0.1) is 0 Å². The number of carbonyl (C=O) groups is 1. The average molecular weight is 504 g/mol. The lowest BCUT2D eigenvalue weighted by Gasteiger charge is -2.53. The van der Waals surface area contributed by atoms with E-state index in [-0.39, 0.29) is 28.0 Å².